The second-order valence-corrected chi connectivity index (χ2v) is 10.4. The Bertz CT molecular complexity index is 570. The van der Waals surface area contributed by atoms with Crippen molar-refractivity contribution in [2.24, 2.45) is 45.3 Å². The molecule has 0 amide bonds. The summed E-state index contributed by atoms with van der Waals surface area (Å²) in [6.07, 6.45) is 10.1. The van der Waals surface area contributed by atoms with E-state index in [0.29, 0.717) is 22.2 Å². The van der Waals surface area contributed by atoms with Gasteiger partial charge in [0, 0.05) is 0 Å². The van der Waals surface area contributed by atoms with Crippen molar-refractivity contribution >= 4 is 5.97 Å². The first-order valence-electron chi connectivity index (χ1n) is 9.50. The van der Waals surface area contributed by atoms with Gasteiger partial charge >= 0.3 is 5.97 Å². The Balaban J connectivity index is 1.56. The summed E-state index contributed by atoms with van der Waals surface area (Å²) >= 11 is 0. The molecule has 6 fully saturated rings. The third-order valence-corrected chi connectivity index (χ3v) is 9.85. The number of fused-ring (bicyclic) bond motifs is 1. The largest absolute Gasteiger partial charge is 0.481 e. The van der Waals surface area contributed by atoms with Crippen LogP contribution < -0.4 is 0 Å². The lowest BCUT2D eigenvalue weighted by atomic mass is 9.39. The number of hydrogen-bond donors (Lipinski definition) is 1. The predicted octanol–water partition coefficient (Wildman–Crippen LogP) is 4.73. The van der Waals surface area contributed by atoms with Gasteiger partial charge in [0.05, 0.1) is 5.41 Å². The summed E-state index contributed by atoms with van der Waals surface area (Å²) in [6.45, 7) is 7.09. The summed E-state index contributed by atoms with van der Waals surface area (Å²) in [5, 5.41) is 9.92. The van der Waals surface area contributed by atoms with E-state index < -0.39 is 11.4 Å². The molecule has 1 N–H and O–H groups in total. The van der Waals surface area contributed by atoms with Gasteiger partial charge in [-0.25, -0.2) is 0 Å². The molecule has 4 bridgehead atoms. The molecule has 0 aromatic rings. The summed E-state index contributed by atoms with van der Waals surface area (Å²) in [6, 6.07) is 0. The highest BCUT2D eigenvalue weighted by Crippen LogP contribution is 2.85. The maximum atomic E-state index is 12.0. The van der Waals surface area contributed by atoms with E-state index in [1.165, 1.54) is 38.5 Å². The highest BCUT2D eigenvalue weighted by atomic mass is 16.4. The van der Waals surface area contributed by atoms with E-state index in [1.807, 2.05) is 0 Å². The van der Waals surface area contributed by atoms with Crippen LogP contribution in [0, 0.1) is 45.3 Å². The molecule has 0 aromatic heterocycles. The van der Waals surface area contributed by atoms with Crippen molar-refractivity contribution in [2.75, 3.05) is 0 Å². The predicted molar refractivity (Wildman–Crippen MR) is 85.3 cm³/mol. The van der Waals surface area contributed by atoms with E-state index in [2.05, 4.69) is 20.8 Å². The summed E-state index contributed by atoms with van der Waals surface area (Å²) in [7, 11) is 0. The number of hydrogen-bond acceptors (Lipinski definition) is 1. The standard InChI is InChI=1S/C20H30O2/c1-17-6-4-7-18(2,16(21)22)14(17)5-8-20-10-13-12(9-15(17)20)19(13,3)11-20/h12-15H,4-11H2,1-3H3,(H,21,22)/t12-,13?,14+,15+,17-,18+,19-,20+/m1/s1. The molecule has 6 aliphatic rings. The Hall–Kier alpha value is -0.530. The number of carboxylic acids is 1. The van der Waals surface area contributed by atoms with Crippen molar-refractivity contribution in [1.29, 1.82) is 0 Å². The van der Waals surface area contributed by atoms with Gasteiger partial charge in [-0.3, -0.25) is 4.79 Å². The number of carboxylic acid groups (broad SMARTS) is 1. The minimum Gasteiger partial charge on any atom is -0.481 e. The van der Waals surface area contributed by atoms with Crippen LogP contribution in [0.25, 0.3) is 0 Å². The number of aliphatic carboxylic acids is 1. The molecule has 8 atom stereocenters. The molecule has 0 aliphatic heterocycles. The molecule has 122 valence electrons. The first-order chi connectivity index (χ1) is 10.3. The summed E-state index contributed by atoms with van der Waals surface area (Å²) in [5.41, 5.74) is 1.10. The lowest BCUT2D eigenvalue weighted by Gasteiger charge is -2.65. The van der Waals surface area contributed by atoms with Gasteiger partial charge in [0.1, 0.15) is 0 Å². The van der Waals surface area contributed by atoms with Crippen LogP contribution in [0.3, 0.4) is 0 Å². The van der Waals surface area contributed by atoms with Gasteiger partial charge in [-0.05, 0) is 91.8 Å². The third kappa shape index (κ3) is 1.26. The highest BCUT2D eigenvalue weighted by Gasteiger charge is 2.78. The van der Waals surface area contributed by atoms with Crippen LogP contribution in [0.1, 0.15) is 72.1 Å². The lowest BCUT2D eigenvalue weighted by molar-refractivity contribution is -0.187. The van der Waals surface area contributed by atoms with Crippen LogP contribution in [0.5, 0.6) is 0 Å². The van der Waals surface area contributed by atoms with Crippen molar-refractivity contribution < 1.29 is 9.90 Å². The van der Waals surface area contributed by atoms with Gasteiger partial charge in [-0.15, -0.1) is 0 Å². The molecule has 6 saturated carbocycles. The Morgan fingerprint density at radius 1 is 1.00 bits per heavy atom. The molecule has 6 rings (SSSR count). The van der Waals surface area contributed by atoms with E-state index in [-0.39, 0.29) is 0 Å². The summed E-state index contributed by atoms with van der Waals surface area (Å²) in [5.74, 6) is 2.70. The Labute approximate surface area is 134 Å². The topological polar surface area (TPSA) is 37.3 Å². The van der Waals surface area contributed by atoms with E-state index in [9.17, 15) is 9.90 Å². The smallest absolute Gasteiger partial charge is 0.309 e. The first kappa shape index (κ1) is 13.9. The Kier molecular flexibility index (Phi) is 2.27. The second kappa shape index (κ2) is 3.59. The van der Waals surface area contributed by atoms with E-state index in [0.717, 1.165) is 30.6 Å². The van der Waals surface area contributed by atoms with Gasteiger partial charge in [0.2, 0.25) is 0 Å². The van der Waals surface area contributed by atoms with Gasteiger partial charge in [-0.2, -0.15) is 0 Å². The van der Waals surface area contributed by atoms with Crippen molar-refractivity contribution in [3.05, 3.63) is 0 Å². The summed E-state index contributed by atoms with van der Waals surface area (Å²) in [4.78, 5) is 12.0. The zero-order valence-electron chi connectivity index (χ0n) is 14.3. The van der Waals surface area contributed by atoms with Crippen molar-refractivity contribution in [3.8, 4) is 0 Å². The molecule has 0 heterocycles. The van der Waals surface area contributed by atoms with Crippen LogP contribution in [0.15, 0.2) is 0 Å². The third-order valence-electron chi connectivity index (χ3n) is 9.85. The first-order valence-corrected chi connectivity index (χ1v) is 9.50. The van der Waals surface area contributed by atoms with Gasteiger partial charge in [-0.1, -0.05) is 20.3 Å². The summed E-state index contributed by atoms with van der Waals surface area (Å²) < 4.78 is 0. The maximum absolute atomic E-state index is 12.0. The molecule has 0 aromatic carbocycles. The fraction of sp³-hybridized carbons (Fsp3) is 0.950. The number of carbonyl (C=O) groups is 1. The van der Waals surface area contributed by atoms with Crippen LogP contribution in [-0.2, 0) is 4.79 Å². The minimum atomic E-state index is -0.530. The van der Waals surface area contributed by atoms with Crippen molar-refractivity contribution in [2.45, 2.75) is 72.1 Å². The quantitative estimate of drug-likeness (QED) is 0.760. The Morgan fingerprint density at radius 2 is 1.77 bits per heavy atom. The fourth-order valence-corrected chi connectivity index (χ4v) is 8.87. The SMILES string of the molecule is C[C@@]12CCC[C@](C)(C(=O)O)[C@H]1CC[C@@]13CC4[C@@H](C[C@H]12)[C@@]4(C)C3. The molecule has 0 saturated heterocycles. The van der Waals surface area contributed by atoms with Gasteiger partial charge in [0.15, 0.2) is 0 Å². The molecule has 6 aliphatic carbocycles. The molecule has 1 unspecified atom stereocenters. The molecule has 0 radical (unpaired) electrons. The molecular formula is C20H30O2. The lowest BCUT2D eigenvalue weighted by Crippen LogP contribution is -2.59. The number of rotatable bonds is 1. The monoisotopic (exact) mass is 302 g/mol. The van der Waals surface area contributed by atoms with Crippen LogP contribution in [-0.4, -0.2) is 11.1 Å². The van der Waals surface area contributed by atoms with Crippen LogP contribution in [0.2, 0.25) is 0 Å². The minimum absolute atomic E-state index is 0.290. The fourth-order valence-electron chi connectivity index (χ4n) is 8.87. The normalized spacial score (nSPS) is 64.7. The molecular weight excluding hydrogens is 272 g/mol. The van der Waals surface area contributed by atoms with Crippen molar-refractivity contribution in [1.82, 2.24) is 0 Å². The highest BCUT2D eigenvalue weighted by molar-refractivity contribution is 5.75. The average Bonchev–Trinajstić information content (AvgIpc) is 2.89. The Morgan fingerprint density at radius 3 is 2.41 bits per heavy atom. The van der Waals surface area contributed by atoms with E-state index >= 15 is 0 Å². The molecule has 2 heteroatoms. The van der Waals surface area contributed by atoms with Gasteiger partial charge in [0.25, 0.3) is 0 Å². The van der Waals surface area contributed by atoms with Crippen LogP contribution in [0.4, 0.5) is 0 Å². The van der Waals surface area contributed by atoms with Gasteiger partial charge < -0.3 is 5.11 Å². The zero-order chi connectivity index (χ0) is 15.5. The van der Waals surface area contributed by atoms with Crippen LogP contribution >= 0.6 is 0 Å². The molecule has 22 heavy (non-hydrogen) atoms. The zero-order valence-corrected chi connectivity index (χ0v) is 14.3. The maximum Gasteiger partial charge on any atom is 0.309 e. The average molecular weight is 302 g/mol. The molecule has 2 nitrogen and oxygen atoms in total. The van der Waals surface area contributed by atoms with Crippen molar-refractivity contribution in [3.63, 3.8) is 0 Å². The molecule has 1 spiro atoms. The second-order valence-electron chi connectivity index (χ2n) is 10.4. The van der Waals surface area contributed by atoms with E-state index in [1.54, 1.807) is 0 Å². The van der Waals surface area contributed by atoms with E-state index in [4.69, 9.17) is 0 Å².